The molecule has 11 heteroatoms. The van der Waals surface area contributed by atoms with E-state index in [1.54, 1.807) is 0 Å². The van der Waals surface area contributed by atoms with Crippen molar-refractivity contribution >= 4 is 29.4 Å². The molecule has 0 radical (unpaired) electrons. The van der Waals surface area contributed by atoms with E-state index in [0.29, 0.717) is 82.7 Å². The SMILES string of the molecule is C=C(C)[C@@H]1CCC(C)=C[C@H]1c1c(O)cc(CCCCC)cc1OCC(=O)CCCOCCOCCOCCCC(=O)CCCCC1SCC2NC(=O)NC21. The molecule has 1 aliphatic carbocycles. The second kappa shape index (κ2) is 23.9. The zero-order chi connectivity index (χ0) is 38.7. The number of phenolic OH excluding ortho intramolecular Hbond substituents is 1. The first-order valence-electron chi connectivity index (χ1n) is 20.4. The number of amides is 2. The monoisotopic (exact) mass is 770 g/mol. The van der Waals surface area contributed by atoms with E-state index >= 15 is 0 Å². The van der Waals surface area contributed by atoms with E-state index in [1.165, 1.54) is 5.57 Å². The zero-order valence-electron chi connectivity index (χ0n) is 33.1. The molecular formula is C43H66N2O8S. The molecule has 54 heavy (non-hydrogen) atoms. The van der Waals surface area contributed by atoms with Crippen LogP contribution in [0.3, 0.4) is 0 Å². The molecule has 5 atom stereocenters. The molecule has 302 valence electrons. The number of thioether (sulfide) groups is 1. The third kappa shape index (κ3) is 14.7. The van der Waals surface area contributed by atoms with Crippen LogP contribution in [-0.4, -0.2) is 92.0 Å². The fraction of sp³-hybridized carbons (Fsp3) is 0.698. The fourth-order valence-corrected chi connectivity index (χ4v) is 9.25. The number of ketones is 2. The summed E-state index contributed by atoms with van der Waals surface area (Å²) in [6.07, 6.45) is 14.1. The number of rotatable bonds is 28. The van der Waals surface area contributed by atoms with E-state index in [9.17, 15) is 19.5 Å². The average molecular weight is 771 g/mol. The van der Waals surface area contributed by atoms with Gasteiger partial charge in [-0.2, -0.15) is 11.8 Å². The quantitative estimate of drug-likeness (QED) is 0.0441. The van der Waals surface area contributed by atoms with Crippen molar-refractivity contribution in [3.05, 3.63) is 47.1 Å². The maximum Gasteiger partial charge on any atom is 0.315 e. The Morgan fingerprint density at radius 3 is 2.30 bits per heavy atom. The normalized spacial score (nSPS) is 22.0. The van der Waals surface area contributed by atoms with Crippen molar-refractivity contribution in [3.63, 3.8) is 0 Å². The number of urea groups is 1. The van der Waals surface area contributed by atoms with Gasteiger partial charge in [0.1, 0.15) is 23.9 Å². The molecule has 3 aliphatic rings. The third-order valence-electron chi connectivity index (χ3n) is 10.7. The van der Waals surface area contributed by atoms with E-state index in [1.807, 2.05) is 23.9 Å². The molecule has 2 amide bonds. The highest BCUT2D eigenvalue weighted by molar-refractivity contribution is 8.00. The molecule has 2 aliphatic heterocycles. The van der Waals surface area contributed by atoms with Crippen LogP contribution in [0.5, 0.6) is 11.5 Å². The zero-order valence-corrected chi connectivity index (χ0v) is 33.9. The summed E-state index contributed by atoms with van der Waals surface area (Å²) in [5.41, 5.74) is 4.17. The minimum atomic E-state index is -0.0546. The van der Waals surface area contributed by atoms with Gasteiger partial charge in [-0.3, -0.25) is 9.59 Å². The molecule has 1 aromatic rings. The standard InChI is InChI=1S/C43H66N2O8S/c1-5-6-7-12-32-26-38(48)41(36-25-31(4)17-18-35(36)30(2)3)39(27-32)53-28-34(47)15-11-20-51-22-24-52-23-21-50-19-10-14-33(46)13-8-9-16-40-42-37(29-54-40)44-43(49)45-42/h25-27,35-37,40,42,48H,2,5-24,28-29H2,1,3-4H3,(H2,44,45,49)/t35-,36+,37?,40?,42?/m0/s1. The maximum absolute atomic E-state index is 12.8. The summed E-state index contributed by atoms with van der Waals surface area (Å²) in [6, 6.07) is 4.32. The molecule has 0 spiro atoms. The number of carbonyl (C=O) groups is 3. The molecular weight excluding hydrogens is 705 g/mol. The number of ether oxygens (including phenoxy) is 4. The molecule has 3 N–H and O–H groups in total. The number of carbonyl (C=O) groups excluding carboxylic acids is 3. The predicted octanol–water partition coefficient (Wildman–Crippen LogP) is 7.99. The van der Waals surface area contributed by atoms with Crippen LogP contribution >= 0.6 is 11.8 Å². The Balaban J connectivity index is 1.02. The number of benzene rings is 1. The Hall–Kier alpha value is -2.86. The van der Waals surface area contributed by atoms with Crippen molar-refractivity contribution < 1.29 is 38.4 Å². The van der Waals surface area contributed by atoms with Gasteiger partial charge in [-0.1, -0.05) is 50.0 Å². The van der Waals surface area contributed by atoms with Crippen LogP contribution in [0, 0.1) is 5.92 Å². The van der Waals surface area contributed by atoms with Crippen molar-refractivity contribution in [1.29, 1.82) is 0 Å². The summed E-state index contributed by atoms with van der Waals surface area (Å²) >= 11 is 1.91. The van der Waals surface area contributed by atoms with E-state index in [4.69, 9.17) is 18.9 Å². The van der Waals surface area contributed by atoms with Gasteiger partial charge < -0.3 is 34.7 Å². The minimum Gasteiger partial charge on any atom is -0.507 e. The first-order chi connectivity index (χ1) is 26.2. The molecule has 3 unspecified atom stereocenters. The van der Waals surface area contributed by atoms with Crippen LogP contribution in [0.1, 0.15) is 121 Å². The molecule has 2 heterocycles. The van der Waals surface area contributed by atoms with Crippen molar-refractivity contribution in [2.75, 3.05) is 52.0 Å². The van der Waals surface area contributed by atoms with Crippen LogP contribution < -0.4 is 15.4 Å². The highest BCUT2D eigenvalue weighted by Crippen LogP contribution is 2.47. The van der Waals surface area contributed by atoms with Gasteiger partial charge >= 0.3 is 6.03 Å². The number of phenols is 1. The smallest absolute Gasteiger partial charge is 0.315 e. The topological polar surface area (TPSA) is 132 Å². The van der Waals surface area contributed by atoms with E-state index in [-0.39, 0.29) is 53.9 Å². The second-order valence-electron chi connectivity index (χ2n) is 15.3. The Bertz CT molecular complexity index is 1400. The van der Waals surface area contributed by atoms with E-state index < -0.39 is 0 Å². The fourth-order valence-electron chi connectivity index (χ4n) is 7.70. The number of aromatic hydroxyl groups is 1. The molecule has 0 saturated carbocycles. The number of allylic oxidation sites excluding steroid dienone is 3. The van der Waals surface area contributed by atoms with Gasteiger partial charge in [0.15, 0.2) is 5.78 Å². The number of nitrogens with one attached hydrogen (secondary N) is 2. The van der Waals surface area contributed by atoms with Crippen LogP contribution in [-0.2, 0) is 30.2 Å². The van der Waals surface area contributed by atoms with Crippen LogP contribution in [0.4, 0.5) is 4.79 Å². The lowest BCUT2D eigenvalue weighted by atomic mass is 9.73. The largest absolute Gasteiger partial charge is 0.507 e. The van der Waals surface area contributed by atoms with Gasteiger partial charge in [-0.05, 0) is 88.8 Å². The number of unbranched alkanes of at least 4 members (excludes halogenated alkanes) is 3. The van der Waals surface area contributed by atoms with E-state index in [0.717, 1.165) is 80.2 Å². The summed E-state index contributed by atoms with van der Waals surface area (Å²) in [5, 5.41) is 17.7. The van der Waals surface area contributed by atoms with Crippen molar-refractivity contribution in [3.8, 4) is 11.5 Å². The van der Waals surface area contributed by atoms with Gasteiger partial charge in [0, 0.05) is 55.0 Å². The Morgan fingerprint density at radius 2 is 1.59 bits per heavy atom. The van der Waals surface area contributed by atoms with Crippen LogP contribution in [0.2, 0.25) is 0 Å². The van der Waals surface area contributed by atoms with Crippen LogP contribution in [0.15, 0.2) is 35.9 Å². The van der Waals surface area contributed by atoms with Crippen molar-refractivity contribution in [2.24, 2.45) is 5.92 Å². The Kier molecular flexibility index (Phi) is 19.4. The first-order valence-corrected chi connectivity index (χ1v) is 21.5. The summed E-state index contributed by atoms with van der Waals surface area (Å²) in [6.45, 7) is 13.4. The van der Waals surface area contributed by atoms with Gasteiger partial charge in [0.25, 0.3) is 0 Å². The molecule has 0 aromatic heterocycles. The van der Waals surface area contributed by atoms with Crippen LogP contribution in [0.25, 0.3) is 0 Å². The summed E-state index contributed by atoms with van der Waals surface area (Å²) in [4.78, 5) is 36.6. The Labute approximate surface area is 327 Å². The number of hydrogen-bond acceptors (Lipinski definition) is 9. The average Bonchev–Trinajstić information content (AvgIpc) is 3.69. The molecule has 10 nitrogen and oxygen atoms in total. The van der Waals surface area contributed by atoms with Crippen molar-refractivity contribution in [1.82, 2.24) is 10.6 Å². The molecule has 0 bridgehead atoms. The minimum absolute atomic E-state index is 0.00179. The molecule has 1 aromatic carbocycles. The summed E-state index contributed by atoms with van der Waals surface area (Å²) in [7, 11) is 0. The molecule has 4 rings (SSSR count). The maximum atomic E-state index is 12.8. The molecule has 2 saturated heterocycles. The van der Waals surface area contributed by atoms with E-state index in [2.05, 4.69) is 44.1 Å². The van der Waals surface area contributed by atoms with Gasteiger partial charge in [-0.25, -0.2) is 4.79 Å². The highest BCUT2D eigenvalue weighted by Gasteiger charge is 2.42. The molecule has 2 fully saturated rings. The number of aryl methyl sites for hydroxylation is 1. The van der Waals surface area contributed by atoms with Gasteiger partial charge in [0.05, 0.1) is 38.5 Å². The third-order valence-corrected chi connectivity index (χ3v) is 12.2. The van der Waals surface area contributed by atoms with Gasteiger partial charge in [0.2, 0.25) is 0 Å². The first kappa shape index (κ1) is 43.9. The number of Topliss-reactive ketones (excluding diaryl/α,β-unsaturated/α-hetero) is 2. The number of hydrogen-bond donors (Lipinski definition) is 3. The summed E-state index contributed by atoms with van der Waals surface area (Å²) < 4.78 is 23.1. The highest BCUT2D eigenvalue weighted by atomic mass is 32.2. The Morgan fingerprint density at radius 1 is 0.907 bits per heavy atom. The second-order valence-corrected chi connectivity index (χ2v) is 16.6. The lowest BCUT2D eigenvalue weighted by molar-refractivity contribution is -0.121. The van der Waals surface area contributed by atoms with Gasteiger partial charge in [-0.15, -0.1) is 0 Å². The lowest BCUT2D eigenvalue weighted by Gasteiger charge is -2.32. The number of fused-ring (bicyclic) bond motifs is 1. The predicted molar refractivity (Wildman–Crippen MR) is 216 cm³/mol. The lowest BCUT2D eigenvalue weighted by Crippen LogP contribution is -2.36. The summed E-state index contributed by atoms with van der Waals surface area (Å²) in [5.74, 6) is 2.25. The van der Waals surface area contributed by atoms with Crippen molar-refractivity contribution in [2.45, 2.75) is 134 Å².